The molecule has 2 aromatic rings. The number of carbonyl (C=O) groups excluding carboxylic acids is 1. The molecule has 0 saturated heterocycles. The third-order valence-electron chi connectivity index (χ3n) is 4.08. The number of aryl methyl sites for hydroxylation is 2. The number of nitrogens with zero attached hydrogens (tertiary/aromatic N) is 2. The van der Waals surface area contributed by atoms with Crippen molar-refractivity contribution in [2.24, 2.45) is 0 Å². The van der Waals surface area contributed by atoms with Crippen LogP contribution >= 0.6 is 15.9 Å². The molecule has 0 fully saturated rings. The molecule has 6 heteroatoms. The van der Waals surface area contributed by atoms with Crippen LogP contribution in [0.1, 0.15) is 29.9 Å². The van der Waals surface area contributed by atoms with Gasteiger partial charge in [0.15, 0.2) is 0 Å². The predicted octanol–water partition coefficient (Wildman–Crippen LogP) is 2.83. The van der Waals surface area contributed by atoms with Gasteiger partial charge in [0.25, 0.3) is 5.56 Å². The van der Waals surface area contributed by atoms with Crippen LogP contribution in [0.2, 0.25) is 0 Å². The summed E-state index contributed by atoms with van der Waals surface area (Å²) in [6.45, 7) is 1.76. The average molecular weight is 376 g/mol. The summed E-state index contributed by atoms with van der Waals surface area (Å²) < 4.78 is 2.28. The molecule has 3 rings (SSSR count). The van der Waals surface area contributed by atoms with Crippen molar-refractivity contribution < 1.29 is 4.79 Å². The standard InChI is InChI=1S/C17H18BrN3O2/c1-11-19-14-8-4-2-6-12(14)17(23)21(11)10-16(22)20-15-9-5-3-7-13(15)18/h3,5,7,9H,2,4,6,8,10H2,1H3,(H,20,22). The number of halogens is 1. The number of hydrogen-bond donors (Lipinski definition) is 1. The molecule has 1 aromatic carbocycles. The topological polar surface area (TPSA) is 64.0 Å². The molecule has 1 aromatic heterocycles. The van der Waals surface area contributed by atoms with E-state index < -0.39 is 0 Å². The van der Waals surface area contributed by atoms with Gasteiger partial charge in [-0.25, -0.2) is 4.98 Å². The van der Waals surface area contributed by atoms with E-state index in [0.717, 1.165) is 41.4 Å². The smallest absolute Gasteiger partial charge is 0.257 e. The lowest BCUT2D eigenvalue weighted by Crippen LogP contribution is -2.34. The van der Waals surface area contributed by atoms with E-state index in [0.29, 0.717) is 11.5 Å². The molecule has 0 saturated carbocycles. The fraction of sp³-hybridized carbons (Fsp3) is 0.353. The fourth-order valence-electron chi connectivity index (χ4n) is 2.89. The molecular weight excluding hydrogens is 358 g/mol. The number of anilines is 1. The van der Waals surface area contributed by atoms with Crippen molar-refractivity contribution in [3.05, 3.63) is 56.2 Å². The number of rotatable bonds is 3. The van der Waals surface area contributed by atoms with Crippen LogP contribution in [0.4, 0.5) is 5.69 Å². The van der Waals surface area contributed by atoms with Crippen molar-refractivity contribution in [3.8, 4) is 0 Å². The van der Waals surface area contributed by atoms with Gasteiger partial charge in [0.2, 0.25) is 5.91 Å². The molecule has 0 aliphatic heterocycles. The van der Waals surface area contributed by atoms with E-state index in [-0.39, 0.29) is 18.0 Å². The average Bonchev–Trinajstić information content (AvgIpc) is 2.54. The third kappa shape index (κ3) is 3.37. The lowest BCUT2D eigenvalue weighted by atomic mass is 9.97. The van der Waals surface area contributed by atoms with Crippen LogP contribution in [0.15, 0.2) is 33.5 Å². The Morgan fingerprint density at radius 2 is 2.04 bits per heavy atom. The zero-order valence-electron chi connectivity index (χ0n) is 12.9. The first-order valence-corrected chi connectivity index (χ1v) is 8.49. The summed E-state index contributed by atoms with van der Waals surface area (Å²) in [4.78, 5) is 29.4. The summed E-state index contributed by atoms with van der Waals surface area (Å²) >= 11 is 3.39. The van der Waals surface area contributed by atoms with E-state index in [1.54, 1.807) is 6.92 Å². The van der Waals surface area contributed by atoms with E-state index >= 15 is 0 Å². The highest BCUT2D eigenvalue weighted by Gasteiger charge is 2.19. The normalized spacial score (nSPS) is 13.5. The molecule has 1 aliphatic carbocycles. The SMILES string of the molecule is Cc1nc2c(c(=O)n1CC(=O)Nc1ccccc1Br)CCCC2. The highest BCUT2D eigenvalue weighted by molar-refractivity contribution is 9.10. The van der Waals surface area contributed by atoms with Crippen LogP contribution in [0.3, 0.4) is 0 Å². The number of nitrogens with one attached hydrogen (secondary N) is 1. The highest BCUT2D eigenvalue weighted by atomic mass is 79.9. The molecule has 5 nitrogen and oxygen atoms in total. The maximum absolute atomic E-state index is 12.6. The molecule has 23 heavy (non-hydrogen) atoms. The number of aromatic nitrogens is 2. The van der Waals surface area contributed by atoms with E-state index in [4.69, 9.17) is 0 Å². The minimum Gasteiger partial charge on any atom is -0.324 e. The Bertz CT molecular complexity index is 814. The molecule has 1 N–H and O–H groups in total. The summed E-state index contributed by atoms with van der Waals surface area (Å²) in [7, 11) is 0. The second-order valence-electron chi connectivity index (χ2n) is 5.71. The van der Waals surface area contributed by atoms with Gasteiger partial charge >= 0.3 is 0 Å². The lowest BCUT2D eigenvalue weighted by molar-refractivity contribution is -0.116. The second-order valence-corrected chi connectivity index (χ2v) is 6.57. The molecule has 0 radical (unpaired) electrons. The molecule has 0 unspecified atom stereocenters. The van der Waals surface area contributed by atoms with Crippen LogP contribution < -0.4 is 10.9 Å². The predicted molar refractivity (Wildman–Crippen MR) is 92.6 cm³/mol. The fourth-order valence-corrected chi connectivity index (χ4v) is 3.27. The van der Waals surface area contributed by atoms with E-state index in [1.807, 2.05) is 24.3 Å². The second kappa shape index (κ2) is 6.66. The lowest BCUT2D eigenvalue weighted by Gasteiger charge is -2.18. The van der Waals surface area contributed by atoms with Crippen LogP contribution in [0.25, 0.3) is 0 Å². The first-order chi connectivity index (χ1) is 11.1. The van der Waals surface area contributed by atoms with Crippen molar-refractivity contribution in [2.45, 2.75) is 39.2 Å². The number of carbonyl (C=O) groups is 1. The molecule has 0 bridgehead atoms. The zero-order chi connectivity index (χ0) is 16.4. The van der Waals surface area contributed by atoms with Gasteiger partial charge in [0, 0.05) is 10.0 Å². The van der Waals surface area contributed by atoms with E-state index in [1.165, 1.54) is 4.57 Å². The van der Waals surface area contributed by atoms with Crippen molar-refractivity contribution in [1.29, 1.82) is 0 Å². The van der Waals surface area contributed by atoms with Crippen LogP contribution in [-0.2, 0) is 24.2 Å². The highest BCUT2D eigenvalue weighted by Crippen LogP contribution is 2.21. The molecular formula is C17H18BrN3O2. The maximum Gasteiger partial charge on any atom is 0.257 e. The van der Waals surface area contributed by atoms with Crippen molar-refractivity contribution in [3.63, 3.8) is 0 Å². The number of para-hydroxylation sites is 1. The zero-order valence-corrected chi connectivity index (χ0v) is 14.5. The number of fused-ring (bicyclic) bond motifs is 1. The first-order valence-electron chi connectivity index (χ1n) is 7.70. The Kier molecular flexibility index (Phi) is 4.61. The Balaban J connectivity index is 1.84. The summed E-state index contributed by atoms with van der Waals surface area (Å²) in [5.41, 5.74) is 2.29. The minimum atomic E-state index is -0.236. The van der Waals surface area contributed by atoms with Gasteiger partial charge in [-0.15, -0.1) is 0 Å². The summed E-state index contributed by atoms with van der Waals surface area (Å²) in [5, 5.41) is 2.82. The van der Waals surface area contributed by atoms with Gasteiger partial charge in [-0.1, -0.05) is 12.1 Å². The van der Waals surface area contributed by atoms with Gasteiger partial charge < -0.3 is 5.32 Å². The van der Waals surface area contributed by atoms with Gasteiger partial charge in [-0.2, -0.15) is 0 Å². The molecule has 120 valence electrons. The van der Waals surface area contributed by atoms with Gasteiger partial charge in [0.1, 0.15) is 12.4 Å². The molecule has 1 aliphatic rings. The van der Waals surface area contributed by atoms with Crippen LogP contribution in [0.5, 0.6) is 0 Å². The quantitative estimate of drug-likeness (QED) is 0.896. The third-order valence-corrected chi connectivity index (χ3v) is 4.77. The first kappa shape index (κ1) is 15.9. The number of benzene rings is 1. The minimum absolute atomic E-state index is 0.0215. The molecule has 0 spiro atoms. The largest absolute Gasteiger partial charge is 0.324 e. The molecule has 1 amide bonds. The monoisotopic (exact) mass is 375 g/mol. The number of amides is 1. The summed E-state index contributed by atoms with van der Waals surface area (Å²) in [6, 6.07) is 7.39. The summed E-state index contributed by atoms with van der Waals surface area (Å²) in [6.07, 6.45) is 3.70. The summed E-state index contributed by atoms with van der Waals surface area (Å²) in [5.74, 6) is 0.359. The van der Waals surface area contributed by atoms with E-state index in [2.05, 4.69) is 26.2 Å². The van der Waals surface area contributed by atoms with Crippen molar-refractivity contribution in [1.82, 2.24) is 9.55 Å². The maximum atomic E-state index is 12.6. The van der Waals surface area contributed by atoms with Crippen LogP contribution in [0, 0.1) is 6.92 Å². The Morgan fingerprint density at radius 1 is 1.30 bits per heavy atom. The van der Waals surface area contributed by atoms with Gasteiger partial charge in [-0.3, -0.25) is 14.2 Å². The van der Waals surface area contributed by atoms with Crippen molar-refractivity contribution >= 4 is 27.5 Å². The van der Waals surface area contributed by atoms with E-state index in [9.17, 15) is 9.59 Å². The molecule has 0 atom stereocenters. The Hall–Kier alpha value is -1.95. The molecule has 1 heterocycles. The Labute approximate surface area is 142 Å². The van der Waals surface area contributed by atoms with Crippen LogP contribution in [-0.4, -0.2) is 15.5 Å². The van der Waals surface area contributed by atoms with Gasteiger partial charge in [-0.05, 0) is 60.7 Å². The van der Waals surface area contributed by atoms with Crippen molar-refractivity contribution in [2.75, 3.05) is 5.32 Å². The number of hydrogen-bond acceptors (Lipinski definition) is 3. The Morgan fingerprint density at radius 3 is 2.83 bits per heavy atom. The van der Waals surface area contributed by atoms with Gasteiger partial charge in [0.05, 0.1) is 11.4 Å².